The average molecular weight is 303 g/mol. The number of hydrogen-bond donors (Lipinski definition) is 1. The Morgan fingerprint density at radius 1 is 1.57 bits per heavy atom. The molecule has 0 spiro atoms. The summed E-state index contributed by atoms with van der Waals surface area (Å²) in [6.45, 7) is 3.71. The number of hydrogen-bond acceptors (Lipinski definition) is 3. The standard InChI is InChI=1S/C16H21N3OS/c1-12-10-17-16(18-12)13-4-2-8-19(11-13)15(20)7-6-14-5-3-9-21-14/h3,5,9-10,13H,2,4,6-8,11H2,1H3,(H,17,18). The summed E-state index contributed by atoms with van der Waals surface area (Å²) in [5.74, 6) is 1.66. The fourth-order valence-electron chi connectivity index (χ4n) is 2.91. The molecule has 2 aromatic heterocycles. The lowest BCUT2D eigenvalue weighted by Gasteiger charge is -2.32. The molecule has 3 heterocycles. The van der Waals surface area contributed by atoms with Crippen LogP contribution in [-0.2, 0) is 11.2 Å². The number of carbonyl (C=O) groups excluding carboxylic acids is 1. The van der Waals surface area contributed by atoms with Crippen LogP contribution in [0.15, 0.2) is 23.7 Å². The van der Waals surface area contributed by atoms with Crippen LogP contribution in [0.4, 0.5) is 0 Å². The highest BCUT2D eigenvalue weighted by Crippen LogP contribution is 2.25. The van der Waals surface area contributed by atoms with Crippen LogP contribution < -0.4 is 0 Å². The van der Waals surface area contributed by atoms with Gasteiger partial charge in [-0.1, -0.05) is 6.07 Å². The summed E-state index contributed by atoms with van der Waals surface area (Å²) in [6, 6.07) is 4.14. The summed E-state index contributed by atoms with van der Waals surface area (Å²) in [5.41, 5.74) is 1.09. The summed E-state index contributed by atoms with van der Waals surface area (Å²) < 4.78 is 0. The predicted molar refractivity (Wildman–Crippen MR) is 84.5 cm³/mol. The lowest BCUT2D eigenvalue weighted by atomic mass is 9.97. The van der Waals surface area contributed by atoms with Gasteiger partial charge >= 0.3 is 0 Å². The topological polar surface area (TPSA) is 49.0 Å². The Morgan fingerprint density at radius 3 is 3.19 bits per heavy atom. The van der Waals surface area contributed by atoms with Crippen molar-refractivity contribution in [2.24, 2.45) is 0 Å². The molecule has 1 aliphatic heterocycles. The second-order valence-corrected chi connectivity index (χ2v) is 6.74. The second kappa shape index (κ2) is 6.43. The molecular formula is C16H21N3OS. The van der Waals surface area contributed by atoms with Crippen LogP contribution in [0, 0.1) is 6.92 Å². The smallest absolute Gasteiger partial charge is 0.222 e. The maximum absolute atomic E-state index is 12.4. The van der Waals surface area contributed by atoms with E-state index < -0.39 is 0 Å². The van der Waals surface area contributed by atoms with Gasteiger partial charge in [0.2, 0.25) is 5.91 Å². The quantitative estimate of drug-likeness (QED) is 0.943. The maximum Gasteiger partial charge on any atom is 0.222 e. The van der Waals surface area contributed by atoms with Crippen molar-refractivity contribution in [3.63, 3.8) is 0 Å². The Hall–Kier alpha value is -1.62. The van der Waals surface area contributed by atoms with E-state index in [0.29, 0.717) is 12.3 Å². The molecule has 4 nitrogen and oxygen atoms in total. The minimum atomic E-state index is 0.274. The molecule has 1 N–H and O–H groups in total. The number of imidazole rings is 1. The second-order valence-electron chi connectivity index (χ2n) is 5.71. The van der Waals surface area contributed by atoms with E-state index in [1.165, 1.54) is 4.88 Å². The number of aromatic nitrogens is 2. The number of rotatable bonds is 4. The normalized spacial score (nSPS) is 18.9. The highest BCUT2D eigenvalue weighted by Gasteiger charge is 2.26. The SMILES string of the molecule is Cc1cnc(C2CCCN(C(=O)CCc3cccs3)C2)[nH]1. The van der Waals surface area contributed by atoms with E-state index in [1.807, 2.05) is 24.1 Å². The molecule has 0 saturated carbocycles. The van der Waals surface area contributed by atoms with Crippen molar-refractivity contribution in [2.45, 2.75) is 38.5 Å². The first kappa shape index (κ1) is 14.3. The first-order chi connectivity index (χ1) is 10.2. The van der Waals surface area contributed by atoms with E-state index in [1.54, 1.807) is 11.3 Å². The summed E-state index contributed by atoms with van der Waals surface area (Å²) in [7, 11) is 0. The van der Waals surface area contributed by atoms with E-state index in [0.717, 1.165) is 43.9 Å². The van der Waals surface area contributed by atoms with E-state index in [4.69, 9.17) is 0 Å². The fourth-order valence-corrected chi connectivity index (χ4v) is 3.62. The van der Waals surface area contributed by atoms with E-state index in [2.05, 4.69) is 21.4 Å². The number of nitrogens with one attached hydrogen (secondary N) is 1. The van der Waals surface area contributed by atoms with Crippen LogP contribution >= 0.6 is 11.3 Å². The van der Waals surface area contributed by atoms with Crippen LogP contribution in [0.1, 0.15) is 41.6 Å². The van der Waals surface area contributed by atoms with Crippen molar-refractivity contribution in [3.05, 3.63) is 40.1 Å². The zero-order valence-corrected chi connectivity index (χ0v) is 13.2. The fraction of sp³-hybridized carbons (Fsp3) is 0.500. The molecule has 1 fully saturated rings. The Balaban J connectivity index is 1.56. The highest BCUT2D eigenvalue weighted by molar-refractivity contribution is 7.09. The molecule has 1 unspecified atom stereocenters. The molecule has 112 valence electrons. The number of carbonyl (C=O) groups is 1. The van der Waals surface area contributed by atoms with Gasteiger partial charge in [0.25, 0.3) is 0 Å². The minimum absolute atomic E-state index is 0.274. The Bertz CT molecular complexity index is 590. The molecule has 21 heavy (non-hydrogen) atoms. The van der Waals surface area contributed by atoms with Crippen molar-refractivity contribution in [3.8, 4) is 0 Å². The largest absolute Gasteiger partial charge is 0.346 e. The first-order valence-corrected chi connectivity index (χ1v) is 8.42. The first-order valence-electron chi connectivity index (χ1n) is 7.54. The third-order valence-corrected chi connectivity index (χ3v) is 4.98. The number of amides is 1. The Kier molecular flexibility index (Phi) is 4.39. The van der Waals surface area contributed by atoms with Gasteiger partial charge in [-0.05, 0) is 37.6 Å². The number of aromatic amines is 1. The molecule has 1 amide bonds. The molecule has 0 radical (unpaired) electrons. The number of aryl methyl sites for hydroxylation is 2. The average Bonchev–Trinajstić information content (AvgIpc) is 3.16. The van der Waals surface area contributed by atoms with Gasteiger partial charge in [0.1, 0.15) is 5.82 Å². The number of thiophene rings is 1. The van der Waals surface area contributed by atoms with E-state index in [-0.39, 0.29) is 5.91 Å². The van der Waals surface area contributed by atoms with Gasteiger partial charge in [0.15, 0.2) is 0 Å². The van der Waals surface area contributed by atoms with Crippen LogP contribution in [0.3, 0.4) is 0 Å². The number of likely N-dealkylation sites (tertiary alicyclic amines) is 1. The lowest BCUT2D eigenvalue weighted by molar-refractivity contribution is -0.132. The van der Waals surface area contributed by atoms with Crippen molar-refractivity contribution in [1.82, 2.24) is 14.9 Å². The zero-order valence-electron chi connectivity index (χ0n) is 12.3. The summed E-state index contributed by atoms with van der Waals surface area (Å²) in [4.78, 5) is 23.4. The molecule has 0 aromatic carbocycles. The van der Waals surface area contributed by atoms with Gasteiger partial charge < -0.3 is 9.88 Å². The van der Waals surface area contributed by atoms with Crippen molar-refractivity contribution in [2.75, 3.05) is 13.1 Å². The van der Waals surface area contributed by atoms with Crippen LogP contribution in [0.25, 0.3) is 0 Å². The number of piperidine rings is 1. The van der Waals surface area contributed by atoms with Crippen molar-refractivity contribution in [1.29, 1.82) is 0 Å². The minimum Gasteiger partial charge on any atom is -0.346 e. The summed E-state index contributed by atoms with van der Waals surface area (Å²) in [6.07, 6.45) is 5.52. The van der Waals surface area contributed by atoms with Crippen LogP contribution in [0.2, 0.25) is 0 Å². The van der Waals surface area contributed by atoms with Gasteiger partial charge in [-0.3, -0.25) is 4.79 Å². The number of nitrogens with zero attached hydrogens (tertiary/aromatic N) is 2. The van der Waals surface area contributed by atoms with Crippen molar-refractivity contribution < 1.29 is 4.79 Å². The van der Waals surface area contributed by atoms with Gasteiger partial charge in [0.05, 0.1) is 0 Å². The maximum atomic E-state index is 12.4. The van der Waals surface area contributed by atoms with Gasteiger partial charge in [-0.25, -0.2) is 4.98 Å². The van der Waals surface area contributed by atoms with Gasteiger partial charge in [-0.2, -0.15) is 0 Å². The predicted octanol–water partition coefficient (Wildman–Crippen LogP) is 3.12. The Morgan fingerprint density at radius 2 is 2.48 bits per heavy atom. The summed E-state index contributed by atoms with van der Waals surface area (Å²) >= 11 is 1.73. The molecule has 1 saturated heterocycles. The molecule has 1 atom stereocenters. The summed E-state index contributed by atoms with van der Waals surface area (Å²) in [5, 5.41) is 2.07. The van der Waals surface area contributed by atoms with Gasteiger partial charge in [-0.15, -0.1) is 11.3 Å². The molecule has 2 aromatic rings. The molecular weight excluding hydrogens is 282 g/mol. The Labute approximate surface area is 129 Å². The van der Waals surface area contributed by atoms with Crippen molar-refractivity contribution >= 4 is 17.2 Å². The third kappa shape index (κ3) is 3.53. The number of H-pyrrole nitrogens is 1. The monoisotopic (exact) mass is 303 g/mol. The molecule has 1 aliphatic rings. The third-order valence-electron chi connectivity index (χ3n) is 4.05. The van der Waals surface area contributed by atoms with E-state index >= 15 is 0 Å². The van der Waals surface area contributed by atoms with Crippen LogP contribution in [0.5, 0.6) is 0 Å². The zero-order chi connectivity index (χ0) is 14.7. The lowest BCUT2D eigenvalue weighted by Crippen LogP contribution is -2.39. The van der Waals surface area contributed by atoms with Crippen LogP contribution in [-0.4, -0.2) is 33.9 Å². The molecule has 3 rings (SSSR count). The molecule has 0 bridgehead atoms. The highest BCUT2D eigenvalue weighted by atomic mass is 32.1. The molecule has 5 heteroatoms. The van der Waals surface area contributed by atoms with Gasteiger partial charge in [0, 0.05) is 42.2 Å². The molecule has 0 aliphatic carbocycles. The van der Waals surface area contributed by atoms with E-state index in [9.17, 15) is 4.79 Å².